The molecule has 0 aliphatic heterocycles. The highest BCUT2D eigenvalue weighted by Crippen LogP contribution is 2.28. The number of anilines is 1. The van der Waals surface area contributed by atoms with Gasteiger partial charge in [-0.1, -0.05) is 25.1 Å². The van der Waals surface area contributed by atoms with Crippen molar-refractivity contribution >= 4 is 5.82 Å². The van der Waals surface area contributed by atoms with Crippen LogP contribution in [-0.4, -0.2) is 19.7 Å². The Kier molecular flexibility index (Phi) is 3.16. The third-order valence-corrected chi connectivity index (χ3v) is 3.21. The zero-order valence-electron chi connectivity index (χ0n) is 11.2. The number of hydrogen-bond acceptors (Lipinski definition) is 4. The van der Waals surface area contributed by atoms with Crippen LogP contribution in [0, 0.1) is 0 Å². The van der Waals surface area contributed by atoms with Crippen molar-refractivity contribution in [1.29, 1.82) is 0 Å². The maximum atomic E-state index is 6.24. The topological polar surface area (TPSA) is 69.6 Å². The SMILES string of the molecule is CCc1c(-c2cncnc2)nn(-c2ccccc2)c1N. The summed E-state index contributed by atoms with van der Waals surface area (Å²) in [6.07, 6.45) is 5.82. The second-order valence-electron chi connectivity index (χ2n) is 4.44. The van der Waals surface area contributed by atoms with E-state index in [0.29, 0.717) is 5.82 Å². The normalized spacial score (nSPS) is 10.7. The highest BCUT2D eigenvalue weighted by Gasteiger charge is 2.16. The zero-order valence-corrected chi connectivity index (χ0v) is 11.2. The van der Waals surface area contributed by atoms with Crippen molar-refractivity contribution in [1.82, 2.24) is 19.7 Å². The van der Waals surface area contributed by atoms with Crippen LogP contribution >= 0.6 is 0 Å². The molecule has 0 atom stereocenters. The number of rotatable bonds is 3. The Hall–Kier alpha value is -2.69. The van der Waals surface area contributed by atoms with Crippen LogP contribution in [0.15, 0.2) is 49.1 Å². The van der Waals surface area contributed by atoms with Crippen molar-refractivity contribution in [2.75, 3.05) is 5.73 Å². The van der Waals surface area contributed by atoms with Gasteiger partial charge in [0.1, 0.15) is 17.8 Å². The molecule has 3 aromatic rings. The Bertz CT molecular complexity index is 704. The lowest BCUT2D eigenvalue weighted by Gasteiger charge is -2.03. The van der Waals surface area contributed by atoms with Gasteiger partial charge in [-0.2, -0.15) is 5.10 Å². The molecule has 0 spiro atoms. The Morgan fingerprint density at radius 2 is 1.80 bits per heavy atom. The van der Waals surface area contributed by atoms with Crippen LogP contribution in [0.3, 0.4) is 0 Å². The number of nitrogens with two attached hydrogens (primary N) is 1. The summed E-state index contributed by atoms with van der Waals surface area (Å²) in [5.74, 6) is 0.664. The molecule has 0 fully saturated rings. The molecule has 2 aromatic heterocycles. The van der Waals surface area contributed by atoms with Crippen molar-refractivity contribution in [3.8, 4) is 16.9 Å². The fourth-order valence-corrected chi connectivity index (χ4v) is 2.23. The number of nitrogen functional groups attached to an aromatic ring is 1. The van der Waals surface area contributed by atoms with Crippen LogP contribution in [0.5, 0.6) is 0 Å². The van der Waals surface area contributed by atoms with E-state index in [1.165, 1.54) is 6.33 Å². The molecule has 0 radical (unpaired) electrons. The number of aromatic nitrogens is 4. The molecule has 0 saturated carbocycles. The maximum Gasteiger partial charge on any atom is 0.131 e. The van der Waals surface area contributed by atoms with Crippen molar-refractivity contribution in [3.63, 3.8) is 0 Å². The molecule has 0 aliphatic carbocycles. The summed E-state index contributed by atoms with van der Waals surface area (Å²) < 4.78 is 1.77. The first-order chi connectivity index (χ1) is 9.81. The minimum Gasteiger partial charge on any atom is -0.383 e. The maximum absolute atomic E-state index is 6.24. The molecule has 3 rings (SSSR count). The molecule has 0 bridgehead atoms. The van der Waals surface area contributed by atoms with E-state index in [1.807, 2.05) is 30.3 Å². The lowest BCUT2D eigenvalue weighted by Crippen LogP contribution is -2.02. The molecule has 0 saturated heterocycles. The summed E-state index contributed by atoms with van der Waals surface area (Å²) in [4.78, 5) is 8.09. The number of hydrogen-bond donors (Lipinski definition) is 1. The monoisotopic (exact) mass is 265 g/mol. The minimum atomic E-state index is 0.664. The van der Waals surface area contributed by atoms with Crippen LogP contribution in [0.1, 0.15) is 12.5 Å². The Labute approximate surface area is 117 Å². The second-order valence-corrected chi connectivity index (χ2v) is 4.44. The van der Waals surface area contributed by atoms with Gasteiger partial charge < -0.3 is 5.73 Å². The van der Waals surface area contributed by atoms with Crippen LogP contribution in [0.2, 0.25) is 0 Å². The minimum absolute atomic E-state index is 0.664. The van der Waals surface area contributed by atoms with E-state index in [0.717, 1.165) is 28.9 Å². The fourth-order valence-electron chi connectivity index (χ4n) is 2.23. The van der Waals surface area contributed by atoms with E-state index in [1.54, 1.807) is 17.1 Å². The van der Waals surface area contributed by atoms with Gasteiger partial charge in [0.2, 0.25) is 0 Å². The zero-order chi connectivity index (χ0) is 13.9. The number of para-hydroxylation sites is 1. The van der Waals surface area contributed by atoms with Crippen molar-refractivity contribution in [2.24, 2.45) is 0 Å². The first kappa shape index (κ1) is 12.3. The first-order valence-corrected chi connectivity index (χ1v) is 6.49. The summed E-state index contributed by atoms with van der Waals surface area (Å²) in [5, 5.41) is 4.63. The molecule has 2 heterocycles. The molecular weight excluding hydrogens is 250 g/mol. The Balaban J connectivity index is 2.18. The van der Waals surface area contributed by atoms with Crippen LogP contribution in [0.25, 0.3) is 16.9 Å². The number of benzene rings is 1. The van der Waals surface area contributed by atoms with E-state index < -0.39 is 0 Å². The molecule has 20 heavy (non-hydrogen) atoms. The van der Waals surface area contributed by atoms with Gasteiger partial charge in [0.15, 0.2) is 0 Å². The summed E-state index contributed by atoms with van der Waals surface area (Å²) >= 11 is 0. The number of nitrogens with zero attached hydrogens (tertiary/aromatic N) is 4. The van der Waals surface area contributed by atoms with E-state index in [-0.39, 0.29) is 0 Å². The van der Waals surface area contributed by atoms with Crippen LogP contribution in [-0.2, 0) is 6.42 Å². The molecule has 2 N–H and O–H groups in total. The lowest BCUT2D eigenvalue weighted by atomic mass is 10.1. The first-order valence-electron chi connectivity index (χ1n) is 6.49. The summed E-state index contributed by atoms with van der Waals surface area (Å²) in [6, 6.07) is 9.86. The molecule has 100 valence electrons. The van der Waals surface area contributed by atoms with E-state index in [4.69, 9.17) is 5.73 Å². The van der Waals surface area contributed by atoms with Gasteiger partial charge in [0.05, 0.1) is 5.69 Å². The highest BCUT2D eigenvalue weighted by molar-refractivity contribution is 5.68. The van der Waals surface area contributed by atoms with Gasteiger partial charge in [0, 0.05) is 23.5 Å². The molecule has 5 heteroatoms. The smallest absolute Gasteiger partial charge is 0.131 e. The average molecular weight is 265 g/mol. The van der Waals surface area contributed by atoms with Crippen molar-refractivity contribution in [2.45, 2.75) is 13.3 Å². The molecule has 0 amide bonds. The summed E-state index contributed by atoms with van der Waals surface area (Å²) in [5.41, 5.74) is 9.93. The average Bonchev–Trinajstić information content (AvgIpc) is 2.86. The summed E-state index contributed by atoms with van der Waals surface area (Å²) in [6.45, 7) is 2.07. The molecule has 1 aromatic carbocycles. The van der Waals surface area contributed by atoms with E-state index >= 15 is 0 Å². The standard InChI is InChI=1S/C15H15N5/c1-2-13-14(11-8-17-10-18-9-11)19-20(15(13)16)12-6-4-3-5-7-12/h3-10H,2,16H2,1H3. The predicted molar refractivity (Wildman–Crippen MR) is 78.4 cm³/mol. The predicted octanol–water partition coefficient (Wildman–Crippen LogP) is 2.47. The fraction of sp³-hybridized carbons (Fsp3) is 0.133. The van der Waals surface area contributed by atoms with Crippen LogP contribution < -0.4 is 5.73 Å². The molecule has 0 aliphatic rings. The van der Waals surface area contributed by atoms with E-state index in [2.05, 4.69) is 22.0 Å². The molecule has 0 unspecified atom stereocenters. The third kappa shape index (κ3) is 2.03. The van der Waals surface area contributed by atoms with Crippen molar-refractivity contribution in [3.05, 3.63) is 54.6 Å². The van der Waals surface area contributed by atoms with E-state index in [9.17, 15) is 0 Å². The van der Waals surface area contributed by atoms with Gasteiger partial charge in [-0.3, -0.25) is 0 Å². The second kappa shape index (κ2) is 5.13. The lowest BCUT2D eigenvalue weighted by molar-refractivity contribution is 0.893. The van der Waals surface area contributed by atoms with Gasteiger partial charge in [-0.25, -0.2) is 14.6 Å². The van der Waals surface area contributed by atoms with Gasteiger partial charge in [-0.05, 0) is 18.6 Å². The van der Waals surface area contributed by atoms with Gasteiger partial charge >= 0.3 is 0 Å². The van der Waals surface area contributed by atoms with Crippen LogP contribution in [0.4, 0.5) is 5.82 Å². The quantitative estimate of drug-likeness (QED) is 0.789. The Morgan fingerprint density at radius 3 is 2.45 bits per heavy atom. The summed E-state index contributed by atoms with van der Waals surface area (Å²) in [7, 11) is 0. The van der Waals surface area contributed by atoms with Crippen molar-refractivity contribution < 1.29 is 0 Å². The third-order valence-electron chi connectivity index (χ3n) is 3.21. The molecule has 5 nitrogen and oxygen atoms in total. The molecular formula is C15H15N5. The van der Waals surface area contributed by atoms with Gasteiger partial charge in [-0.15, -0.1) is 0 Å². The largest absolute Gasteiger partial charge is 0.383 e. The van der Waals surface area contributed by atoms with Gasteiger partial charge in [0.25, 0.3) is 0 Å². The Morgan fingerprint density at radius 1 is 1.10 bits per heavy atom. The highest BCUT2D eigenvalue weighted by atomic mass is 15.3.